The second-order valence-electron chi connectivity index (χ2n) is 4.95. The minimum atomic E-state index is -3.70. The molecule has 0 aliphatic rings. The van der Waals surface area contributed by atoms with Crippen LogP contribution in [0.25, 0.3) is 0 Å². The molecule has 0 saturated heterocycles. The van der Waals surface area contributed by atoms with Crippen molar-refractivity contribution in [1.82, 2.24) is 4.83 Å². The van der Waals surface area contributed by atoms with Gasteiger partial charge in [-0.05, 0) is 37.3 Å². The highest BCUT2D eigenvalue weighted by molar-refractivity contribution is 9.10. The maximum absolute atomic E-state index is 12.2. The van der Waals surface area contributed by atoms with Crippen molar-refractivity contribution in [3.8, 4) is 5.75 Å². The molecule has 0 unspecified atom stereocenters. The molecule has 0 bridgehead atoms. The topological polar surface area (TPSA) is 67.8 Å². The second-order valence-corrected chi connectivity index (χ2v) is 7.52. The van der Waals surface area contributed by atoms with Gasteiger partial charge in [-0.1, -0.05) is 46.3 Å². The SMILES string of the molecule is C=CCOc1ccc(Br)cc1/C=N/NS(=O)(=O)c1ccc(C)cc1. The van der Waals surface area contributed by atoms with Gasteiger partial charge in [-0.25, -0.2) is 4.83 Å². The van der Waals surface area contributed by atoms with Crippen molar-refractivity contribution >= 4 is 32.2 Å². The Balaban J connectivity index is 2.17. The number of hydrogen-bond donors (Lipinski definition) is 1. The minimum Gasteiger partial charge on any atom is -0.489 e. The summed E-state index contributed by atoms with van der Waals surface area (Å²) in [5, 5.41) is 3.83. The molecule has 5 nitrogen and oxygen atoms in total. The third-order valence-corrected chi connectivity index (χ3v) is 4.77. The Morgan fingerprint density at radius 2 is 1.96 bits per heavy atom. The zero-order valence-electron chi connectivity index (χ0n) is 13.1. The molecule has 0 atom stereocenters. The number of nitrogens with one attached hydrogen (secondary N) is 1. The van der Waals surface area contributed by atoms with Crippen LogP contribution in [0.15, 0.2) is 69.6 Å². The lowest BCUT2D eigenvalue weighted by molar-refractivity contribution is 0.362. The summed E-state index contributed by atoms with van der Waals surface area (Å²) in [4.78, 5) is 2.35. The van der Waals surface area contributed by atoms with Crippen molar-refractivity contribution < 1.29 is 13.2 Å². The highest BCUT2D eigenvalue weighted by Crippen LogP contribution is 2.22. The number of hydrazone groups is 1. The van der Waals surface area contributed by atoms with E-state index in [1.807, 2.05) is 13.0 Å². The smallest absolute Gasteiger partial charge is 0.276 e. The van der Waals surface area contributed by atoms with Gasteiger partial charge < -0.3 is 4.74 Å². The van der Waals surface area contributed by atoms with Crippen LogP contribution in [0.4, 0.5) is 0 Å². The Hall–Kier alpha value is -2.12. The normalized spacial score (nSPS) is 11.4. The van der Waals surface area contributed by atoms with Crippen molar-refractivity contribution in [1.29, 1.82) is 0 Å². The summed E-state index contributed by atoms with van der Waals surface area (Å²) in [5.41, 5.74) is 1.62. The molecule has 7 heteroatoms. The molecule has 1 N–H and O–H groups in total. The highest BCUT2D eigenvalue weighted by Gasteiger charge is 2.12. The molecule has 2 aromatic rings. The Kier molecular flexibility index (Phi) is 6.16. The maximum atomic E-state index is 12.2. The lowest BCUT2D eigenvalue weighted by atomic mass is 10.2. The zero-order valence-corrected chi connectivity index (χ0v) is 15.5. The molecule has 2 aromatic carbocycles. The summed E-state index contributed by atoms with van der Waals surface area (Å²) in [6.07, 6.45) is 3.03. The number of sulfonamides is 1. The Morgan fingerprint density at radius 3 is 2.62 bits per heavy atom. The summed E-state index contributed by atoms with van der Waals surface area (Å²) < 4.78 is 30.7. The van der Waals surface area contributed by atoms with Crippen molar-refractivity contribution in [2.24, 2.45) is 5.10 Å². The van der Waals surface area contributed by atoms with Gasteiger partial charge in [0.05, 0.1) is 11.1 Å². The molecule has 2 rings (SSSR count). The van der Waals surface area contributed by atoms with Crippen molar-refractivity contribution in [2.75, 3.05) is 6.61 Å². The fraction of sp³-hybridized carbons (Fsp3) is 0.118. The Labute approximate surface area is 150 Å². The average Bonchev–Trinajstić information content (AvgIpc) is 2.54. The van der Waals surface area contributed by atoms with E-state index in [0.29, 0.717) is 17.9 Å². The molecule has 0 fully saturated rings. The molecule has 0 spiro atoms. The molecule has 0 saturated carbocycles. The highest BCUT2D eigenvalue weighted by atomic mass is 79.9. The molecular weight excluding hydrogens is 392 g/mol. The van der Waals surface area contributed by atoms with E-state index in [-0.39, 0.29) is 4.90 Å². The quantitative estimate of drug-likeness (QED) is 0.431. The summed E-state index contributed by atoms with van der Waals surface area (Å²) in [5.74, 6) is 0.580. The summed E-state index contributed by atoms with van der Waals surface area (Å²) in [6, 6.07) is 11.9. The average molecular weight is 409 g/mol. The van der Waals surface area contributed by atoms with Gasteiger partial charge in [0, 0.05) is 10.0 Å². The van der Waals surface area contributed by atoms with Gasteiger partial charge in [-0.15, -0.1) is 0 Å². The largest absolute Gasteiger partial charge is 0.489 e. The third-order valence-electron chi connectivity index (χ3n) is 3.04. The van der Waals surface area contributed by atoms with Crippen LogP contribution in [0.3, 0.4) is 0 Å². The van der Waals surface area contributed by atoms with Crippen LogP contribution < -0.4 is 9.57 Å². The van der Waals surface area contributed by atoms with Gasteiger partial charge >= 0.3 is 0 Å². The molecule has 0 aliphatic carbocycles. The Morgan fingerprint density at radius 1 is 1.25 bits per heavy atom. The molecule has 0 amide bonds. The predicted octanol–water partition coefficient (Wildman–Crippen LogP) is 3.63. The first-order chi connectivity index (χ1) is 11.4. The van der Waals surface area contributed by atoms with E-state index in [1.54, 1.807) is 30.3 Å². The summed E-state index contributed by atoms with van der Waals surface area (Å²) in [6.45, 7) is 5.83. The molecule has 0 aliphatic heterocycles. The summed E-state index contributed by atoms with van der Waals surface area (Å²) >= 11 is 3.36. The van der Waals surface area contributed by atoms with Crippen LogP contribution in [0.1, 0.15) is 11.1 Å². The number of ether oxygens (including phenoxy) is 1. The number of halogens is 1. The van der Waals surface area contributed by atoms with Crippen LogP contribution in [-0.4, -0.2) is 21.2 Å². The maximum Gasteiger partial charge on any atom is 0.276 e. The van der Waals surface area contributed by atoms with Gasteiger partial charge in [0.15, 0.2) is 0 Å². The first-order valence-electron chi connectivity index (χ1n) is 7.07. The van der Waals surface area contributed by atoms with Crippen molar-refractivity contribution in [3.63, 3.8) is 0 Å². The van der Waals surface area contributed by atoms with Crippen LogP contribution in [0, 0.1) is 6.92 Å². The van der Waals surface area contributed by atoms with E-state index in [4.69, 9.17) is 4.74 Å². The molecular formula is C17H17BrN2O3S. The van der Waals surface area contributed by atoms with E-state index in [9.17, 15) is 8.42 Å². The fourth-order valence-electron chi connectivity index (χ4n) is 1.84. The fourth-order valence-corrected chi connectivity index (χ4v) is 3.01. The number of rotatable bonds is 7. The zero-order chi connectivity index (χ0) is 17.6. The van der Waals surface area contributed by atoms with E-state index in [0.717, 1.165) is 10.0 Å². The van der Waals surface area contributed by atoms with Crippen LogP contribution in [-0.2, 0) is 10.0 Å². The van der Waals surface area contributed by atoms with Crippen molar-refractivity contribution in [2.45, 2.75) is 11.8 Å². The summed E-state index contributed by atoms with van der Waals surface area (Å²) in [7, 11) is -3.70. The van der Waals surface area contributed by atoms with E-state index >= 15 is 0 Å². The molecule has 126 valence electrons. The van der Waals surface area contributed by atoms with Crippen LogP contribution in [0.5, 0.6) is 5.75 Å². The number of aryl methyl sites for hydroxylation is 1. The van der Waals surface area contributed by atoms with Crippen molar-refractivity contribution in [3.05, 3.63) is 70.7 Å². The van der Waals surface area contributed by atoms with Crippen LogP contribution in [0.2, 0.25) is 0 Å². The number of nitrogens with zero attached hydrogens (tertiary/aromatic N) is 1. The monoisotopic (exact) mass is 408 g/mol. The van der Waals surface area contributed by atoms with Crippen LogP contribution >= 0.6 is 15.9 Å². The lowest BCUT2D eigenvalue weighted by Gasteiger charge is -2.08. The number of benzene rings is 2. The van der Waals surface area contributed by atoms with Gasteiger partial charge in [0.1, 0.15) is 12.4 Å². The number of hydrogen-bond acceptors (Lipinski definition) is 4. The van der Waals surface area contributed by atoms with Gasteiger partial charge in [0.25, 0.3) is 10.0 Å². The van der Waals surface area contributed by atoms with E-state index in [1.165, 1.54) is 18.3 Å². The first kappa shape index (κ1) is 18.2. The van der Waals surface area contributed by atoms with Gasteiger partial charge in [-0.3, -0.25) is 0 Å². The van der Waals surface area contributed by atoms with Gasteiger partial charge in [0.2, 0.25) is 0 Å². The molecule has 24 heavy (non-hydrogen) atoms. The molecule has 0 heterocycles. The second kappa shape index (κ2) is 8.12. The van der Waals surface area contributed by atoms with E-state index in [2.05, 4.69) is 32.4 Å². The molecule has 0 aromatic heterocycles. The minimum absolute atomic E-state index is 0.155. The molecule has 0 radical (unpaired) electrons. The Bertz CT molecular complexity index is 847. The lowest BCUT2D eigenvalue weighted by Crippen LogP contribution is -2.18. The standard InChI is InChI=1S/C17H17BrN2O3S/c1-3-10-23-17-9-6-15(18)11-14(17)12-19-20-24(21,22)16-7-4-13(2)5-8-16/h3-9,11-12,20H,1,10H2,2H3/b19-12+. The van der Waals surface area contributed by atoms with Gasteiger partial charge in [-0.2, -0.15) is 13.5 Å². The first-order valence-corrected chi connectivity index (χ1v) is 9.35. The van der Waals surface area contributed by atoms with E-state index < -0.39 is 10.0 Å². The predicted molar refractivity (Wildman–Crippen MR) is 98.9 cm³/mol. The third kappa shape index (κ3) is 4.94.